The first-order valence-corrected chi connectivity index (χ1v) is 9.82. The highest BCUT2D eigenvalue weighted by atomic mass is 35.5. The summed E-state index contributed by atoms with van der Waals surface area (Å²) in [5.41, 5.74) is 1.50. The minimum Gasteiger partial charge on any atom is -0.353 e. The Morgan fingerprint density at radius 2 is 1.84 bits per heavy atom. The van der Waals surface area contributed by atoms with E-state index in [1.54, 1.807) is 12.1 Å². The van der Waals surface area contributed by atoms with Crippen LogP contribution in [-0.4, -0.2) is 31.7 Å². The minimum absolute atomic E-state index is 0.00943. The molecule has 132 valence electrons. The van der Waals surface area contributed by atoms with Gasteiger partial charge in [0.2, 0.25) is 15.9 Å². The Kier molecular flexibility index (Phi) is 5.06. The Morgan fingerprint density at radius 1 is 1.12 bits per heavy atom. The molecule has 1 saturated heterocycles. The minimum atomic E-state index is -3.92. The summed E-state index contributed by atoms with van der Waals surface area (Å²) in [7, 11) is -3.92. The SMILES string of the molecule is Cc1ccccc1C1C(=O)NCCN1S(=O)(=O)c1ccc(Cl)c(Cl)c1. The number of benzene rings is 2. The van der Waals surface area contributed by atoms with Crippen molar-refractivity contribution in [2.24, 2.45) is 0 Å². The van der Waals surface area contributed by atoms with Crippen LogP contribution < -0.4 is 5.32 Å². The van der Waals surface area contributed by atoms with Gasteiger partial charge in [-0.15, -0.1) is 0 Å². The molecule has 1 amide bonds. The maximum atomic E-state index is 13.1. The summed E-state index contributed by atoms with van der Waals surface area (Å²) in [6.45, 7) is 2.27. The summed E-state index contributed by atoms with van der Waals surface area (Å²) in [4.78, 5) is 12.5. The Labute approximate surface area is 156 Å². The van der Waals surface area contributed by atoms with E-state index in [1.807, 2.05) is 19.1 Å². The lowest BCUT2D eigenvalue weighted by atomic mass is 9.99. The summed E-state index contributed by atoms with van der Waals surface area (Å²) < 4.78 is 27.5. The summed E-state index contributed by atoms with van der Waals surface area (Å²) in [6.07, 6.45) is 0. The van der Waals surface area contributed by atoms with Gasteiger partial charge in [0.15, 0.2) is 0 Å². The van der Waals surface area contributed by atoms with Gasteiger partial charge in [0.05, 0.1) is 14.9 Å². The molecule has 2 aromatic rings. The number of halogens is 2. The van der Waals surface area contributed by atoms with Crippen molar-refractivity contribution >= 4 is 39.1 Å². The predicted molar refractivity (Wildman–Crippen MR) is 97.3 cm³/mol. The molecule has 0 bridgehead atoms. The van der Waals surface area contributed by atoms with Crippen LogP contribution in [0.3, 0.4) is 0 Å². The number of nitrogens with zero attached hydrogens (tertiary/aromatic N) is 1. The molecule has 1 aliphatic rings. The van der Waals surface area contributed by atoms with E-state index in [2.05, 4.69) is 5.32 Å². The zero-order valence-electron chi connectivity index (χ0n) is 13.4. The van der Waals surface area contributed by atoms with Crippen molar-refractivity contribution in [3.05, 3.63) is 63.6 Å². The predicted octanol–water partition coefficient (Wildman–Crippen LogP) is 3.16. The maximum absolute atomic E-state index is 13.1. The topological polar surface area (TPSA) is 66.5 Å². The lowest BCUT2D eigenvalue weighted by Gasteiger charge is -2.35. The van der Waals surface area contributed by atoms with Crippen LogP contribution in [0.1, 0.15) is 17.2 Å². The molecule has 1 heterocycles. The monoisotopic (exact) mass is 398 g/mol. The van der Waals surface area contributed by atoms with E-state index in [1.165, 1.54) is 22.5 Å². The van der Waals surface area contributed by atoms with Gasteiger partial charge in [-0.05, 0) is 36.2 Å². The number of rotatable bonds is 3. The van der Waals surface area contributed by atoms with Gasteiger partial charge in [-0.1, -0.05) is 47.5 Å². The number of carbonyl (C=O) groups excluding carboxylic acids is 1. The second kappa shape index (κ2) is 6.96. The first kappa shape index (κ1) is 18.2. The van der Waals surface area contributed by atoms with E-state index >= 15 is 0 Å². The van der Waals surface area contributed by atoms with Crippen molar-refractivity contribution in [2.75, 3.05) is 13.1 Å². The molecule has 8 heteroatoms. The third kappa shape index (κ3) is 3.40. The summed E-state index contributed by atoms with van der Waals surface area (Å²) >= 11 is 11.9. The highest BCUT2D eigenvalue weighted by molar-refractivity contribution is 7.89. The molecular weight excluding hydrogens is 383 g/mol. The van der Waals surface area contributed by atoms with Gasteiger partial charge in [0.1, 0.15) is 6.04 Å². The normalized spacial score (nSPS) is 18.8. The average Bonchev–Trinajstić information content (AvgIpc) is 2.58. The lowest BCUT2D eigenvalue weighted by molar-refractivity contribution is -0.126. The number of aryl methyl sites for hydroxylation is 1. The smallest absolute Gasteiger partial charge is 0.244 e. The fourth-order valence-corrected chi connectivity index (χ4v) is 4.83. The van der Waals surface area contributed by atoms with Crippen LogP contribution in [-0.2, 0) is 14.8 Å². The van der Waals surface area contributed by atoms with Crippen LogP contribution in [0, 0.1) is 6.92 Å². The Balaban J connectivity index is 2.10. The van der Waals surface area contributed by atoms with E-state index in [0.717, 1.165) is 5.56 Å². The first-order chi connectivity index (χ1) is 11.8. The molecule has 1 N–H and O–H groups in total. The number of amides is 1. The molecule has 25 heavy (non-hydrogen) atoms. The number of piperazine rings is 1. The molecule has 1 unspecified atom stereocenters. The molecule has 0 aromatic heterocycles. The van der Waals surface area contributed by atoms with Gasteiger partial charge in [-0.2, -0.15) is 4.31 Å². The zero-order valence-corrected chi connectivity index (χ0v) is 15.7. The van der Waals surface area contributed by atoms with Gasteiger partial charge in [-0.25, -0.2) is 8.42 Å². The summed E-state index contributed by atoms with van der Waals surface area (Å²) in [5.74, 6) is -0.343. The molecule has 0 radical (unpaired) electrons. The molecule has 0 spiro atoms. The standard InChI is InChI=1S/C17H16Cl2N2O3S/c1-11-4-2-3-5-13(11)16-17(22)20-8-9-21(16)25(23,24)12-6-7-14(18)15(19)10-12/h2-7,10,16H,8-9H2,1H3,(H,20,22). The van der Waals surface area contributed by atoms with Crippen LogP contribution in [0.25, 0.3) is 0 Å². The number of hydrogen-bond donors (Lipinski definition) is 1. The Bertz CT molecular complexity index is 931. The van der Waals surface area contributed by atoms with E-state index in [9.17, 15) is 13.2 Å². The summed E-state index contributed by atoms with van der Waals surface area (Å²) in [5, 5.41) is 3.16. The molecule has 3 rings (SSSR count). The third-order valence-corrected chi connectivity index (χ3v) is 6.75. The molecule has 1 atom stereocenters. The first-order valence-electron chi connectivity index (χ1n) is 7.62. The highest BCUT2D eigenvalue weighted by Crippen LogP contribution is 2.33. The van der Waals surface area contributed by atoms with Crippen LogP contribution in [0.2, 0.25) is 10.0 Å². The maximum Gasteiger partial charge on any atom is 0.244 e. The van der Waals surface area contributed by atoms with Crippen LogP contribution in [0.5, 0.6) is 0 Å². The molecular formula is C17H16Cl2N2O3S. The van der Waals surface area contributed by atoms with Crippen LogP contribution in [0.4, 0.5) is 0 Å². The second-order valence-corrected chi connectivity index (χ2v) is 8.45. The van der Waals surface area contributed by atoms with Crippen molar-refractivity contribution in [3.8, 4) is 0 Å². The summed E-state index contributed by atoms with van der Waals surface area (Å²) in [6, 6.07) is 10.5. The molecule has 2 aromatic carbocycles. The van der Waals surface area contributed by atoms with Crippen LogP contribution >= 0.6 is 23.2 Å². The Hall–Kier alpha value is -1.60. The van der Waals surface area contributed by atoms with E-state index in [0.29, 0.717) is 5.56 Å². The van der Waals surface area contributed by atoms with E-state index in [4.69, 9.17) is 23.2 Å². The van der Waals surface area contributed by atoms with Crippen molar-refractivity contribution in [2.45, 2.75) is 17.9 Å². The van der Waals surface area contributed by atoms with Crippen molar-refractivity contribution in [1.29, 1.82) is 0 Å². The van der Waals surface area contributed by atoms with Crippen molar-refractivity contribution in [1.82, 2.24) is 9.62 Å². The van der Waals surface area contributed by atoms with Crippen molar-refractivity contribution in [3.63, 3.8) is 0 Å². The molecule has 1 aliphatic heterocycles. The van der Waals surface area contributed by atoms with E-state index < -0.39 is 16.1 Å². The van der Waals surface area contributed by atoms with Gasteiger partial charge in [0.25, 0.3) is 0 Å². The van der Waals surface area contributed by atoms with Gasteiger partial charge in [0, 0.05) is 13.1 Å². The zero-order chi connectivity index (χ0) is 18.2. The third-order valence-electron chi connectivity index (χ3n) is 4.15. The second-order valence-electron chi connectivity index (χ2n) is 5.74. The average molecular weight is 399 g/mol. The number of sulfonamides is 1. The quantitative estimate of drug-likeness (QED) is 0.862. The lowest BCUT2D eigenvalue weighted by Crippen LogP contribution is -2.52. The Morgan fingerprint density at radius 3 is 2.52 bits per heavy atom. The van der Waals surface area contributed by atoms with Gasteiger partial charge >= 0.3 is 0 Å². The molecule has 5 nitrogen and oxygen atoms in total. The molecule has 0 aliphatic carbocycles. The van der Waals surface area contributed by atoms with Crippen molar-refractivity contribution < 1.29 is 13.2 Å². The van der Waals surface area contributed by atoms with Gasteiger partial charge in [-0.3, -0.25) is 4.79 Å². The number of hydrogen-bond acceptors (Lipinski definition) is 3. The molecule has 1 fully saturated rings. The largest absolute Gasteiger partial charge is 0.353 e. The molecule has 0 saturated carbocycles. The number of carbonyl (C=O) groups is 1. The number of nitrogens with one attached hydrogen (secondary N) is 1. The highest BCUT2D eigenvalue weighted by Gasteiger charge is 2.40. The van der Waals surface area contributed by atoms with E-state index in [-0.39, 0.29) is 33.9 Å². The fraction of sp³-hybridized carbons (Fsp3) is 0.235. The van der Waals surface area contributed by atoms with Crippen LogP contribution in [0.15, 0.2) is 47.4 Å². The van der Waals surface area contributed by atoms with Gasteiger partial charge < -0.3 is 5.32 Å². The fourth-order valence-electron chi connectivity index (χ4n) is 2.87.